The molecule has 41 heavy (non-hydrogen) atoms. The van der Waals surface area contributed by atoms with Gasteiger partial charge in [0.15, 0.2) is 0 Å². The van der Waals surface area contributed by atoms with Crippen molar-refractivity contribution < 1.29 is 35.5 Å². The fourth-order valence-corrected chi connectivity index (χ4v) is 5.35. The van der Waals surface area contributed by atoms with Crippen LogP contribution in [0.25, 0.3) is 22.0 Å². The Morgan fingerprint density at radius 3 is 2.49 bits per heavy atom. The van der Waals surface area contributed by atoms with Gasteiger partial charge in [-0.3, -0.25) is 18.9 Å². The van der Waals surface area contributed by atoms with Crippen molar-refractivity contribution in [3.63, 3.8) is 0 Å². The third-order valence-corrected chi connectivity index (χ3v) is 7.57. The summed E-state index contributed by atoms with van der Waals surface area (Å²) in [6, 6.07) is 7.11. The number of ether oxygens (including phenoxy) is 1. The van der Waals surface area contributed by atoms with Crippen molar-refractivity contribution in [3.05, 3.63) is 76.7 Å². The highest BCUT2D eigenvalue weighted by atomic mass is 32.2. The molecule has 0 radical (unpaired) electrons. The molecule has 216 valence electrons. The number of hydrogen-bond donors (Lipinski definition) is 2. The second kappa shape index (κ2) is 11.2. The van der Waals surface area contributed by atoms with E-state index in [9.17, 15) is 35.6 Å². The van der Waals surface area contributed by atoms with Gasteiger partial charge < -0.3 is 10.1 Å². The number of benzene rings is 2. The van der Waals surface area contributed by atoms with Gasteiger partial charge in [-0.15, -0.1) is 0 Å². The normalized spacial score (nSPS) is 12.7. The summed E-state index contributed by atoms with van der Waals surface area (Å²) >= 11 is 0. The fourth-order valence-electron chi connectivity index (χ4n) is 4.10. The summed E-state index contributed by atoms with van der Waals surface area (Å²) in [6.07, 6.45) is -2.50. The van der Waals surface area contributed by atoms with E-state index in [0.717, 1.165) is 0 Å². The topological polar surface area (TPSA) is 132 Å². The predicted octanol–water partition coefficient (Wildman–Crippen LogP) is 3.81. The summed E-state index contributed by atoms with van der Waals surface area (Å²) in [5, 5.41) is 2.72. The molecule has 0 aliphatic carbocycles. The lowest BCUT2D eigenvalue weighted by Crippen LogP contribution is -2.32. The SMILES string of the molecule is CNC(=O)C(C)Cn1cnc2ccc(-c3cnc(OC)c(NS(=O)(=O)c4ccc(F)cc4C(F)(F)F)c3)cc2c1=O. The average Bonchev–Trinajstić information content (AvgIpc) is 2.93. The van der Waals surface area contributed by atoms with Gasteiger partial charge in [0.25, 0.3) is 15.6 Å². The van der Waals surface area contributed by atoms with Gasteiger partial charge in [0, 0.05) is 25.4 Å². The van der Waals surface area contributed by atoms with Crippen molar-refractivity contribution >= 4 is 32.5 Å². The number of alkyl halides is 3. The van der Waals surface area contributed by atoms with Crippen LogP contribution >= 0.6 is 0 Å². The summed E-state index contributed by atoms with van der Waals surface area (Å²) < 4.78 is 88.5. The molecular formula is C26H23F4N5O5S. The highest BCUT2D eigenvalue weighted by Gasteiger charge is 2.38. The molecule has 0 saturated carbocycles. The van der Waals surface area contributed by atoms with Gasteiger partial charge in [0.05, 0.1) is 40.7 Å². The quantitative estimate of drug-likeness (QED) is 0.297. The minimum absolute atomic E-state index is 0.0744. The fraction of sp³-hybridized carbons (Fsp3) is 0.231. The highest BCUT2D eigenvalue weighted by molar-refractivity contribution is 7.92. The monoisotopic (exact) mass is 593 g/mol. The molecule has 0 fully saturated rings. The molecule has 15 heteroatoms. The van der Waals surface area contributed by atoms with Crippen LogP contribution in [-0.2, 0) is 27.5 Å². The maximum absolute atomic E-state index is 13.5. The first-order chi connectivity index (χ1) is 19.2. The van der Waals surface area contributed by atoms with Crippen LogP contribution in [0.15, 0.2) is 64.7 Å². The number of halogens is 4. The number of rotatable bonds is 8. The van der Waals surface area contributed by atoms with Crippen molar-refractivity contribution in [2.75, 3.05) is 18.9 Å². The van der Waals surface area contributed by atoms with Gasteiger partial charge in [-0.1, -0.05) is 13.0 Å². The molecule has 2 heterocycles. The second-order valence-electron chi connectivity index (χ2n) is 8.97. The number of anilines is 1. The maximum Gasteiger partial charge on any atom is 0.417 e. The van der Waals surface area contributed by atoms with Crippen molar-refractivity contribution in [3.8, 4) is 17.0 Å². The molecule has 0 aliphatic heterocycles. The Labute approximate surface area is 231 Å². The number of aromatic nitrogens is 3. The van der Waals surface area contributed by atoms with E-state index in [-0.39, 0.29) is 41.0 Å². The molecule has 0 saturated heterocycles. The zero-order valence-corrected chi connectivity index (χ0v) is 22.6. The molecule has 2 N–H and O–H groups in total. The molecule has 4 aromatic rings. The minimum atomic E-state index is -5.15. The molecule has 1 unspecified atom stereocenters. The van der Waals surface area contributed by atoms with Crippen LogP contribution in [0, 0.1) is 11.7 Å². The second-order valence-corrected chi connectivity index (χ2v) is 10.6. The van der Waals surface area contributed by atoms with Crippen molar-refractivity contribution in [1.82, 2.24) is 19.9 Å². The molecule has 10 nitrogen and oxygen atoms in total. The maximum atomic E-state index is 13.5. The zero-order chi connectivity index (χ0) is 30.1. The van der Waals surface area contributed by atoms with E-state index in [4.69, 9.17) is 4.74 Å². The molecule has 0 spiro atoms. The first kappa shape index (κ1) is 29.5. The van der Waals surface area contributed by atoms with Crippen LogP contribution in [0.4, 0.5) is 23.2 Å². The molecule has 0 bridgehead atoms. The highest BCUT2D eigenvalue weighted by Crippen LogP contribution is 2.37. The number of methoxy groups -OCH3 is 1. The van der Waals surface area contributed by atoms with Crippen LogP contribution in [0.5, 0.6) is 5.88 Å². The molecule has 2 aromatic heterocycles. The van der Waals surface area contributed by atoms with Crippen molar-refractivity contribution in [1.29, 1.82) is 0 Å². The standard InChI is InChI=1S/C26H23F4N5O5S/c1-14(23(36)31-2)12-35-13-33-20-6-4-15(8-18(20)25(35)37)16-9-21(24(40-3)32-11-16)34-41(38,39)22-7-5-17(27)10-19(22)26(28,29)30/h4-11,13-14,34H,12H2,1-3H3,(H,31,36). The molecular weight excluding hydrogens is 570 g/mol. The van der Waals surface area contributed by atoms with E-state index in [1.807, 2.05) is 4.72 Å². The number of nitrogens with zero attached hydrogens (tertiary/aromatic N) is 3. The van der Waals surface area contributed by atoms with E-state index in [2.05, 4.69) is 15.3 Å². The van der Waals surface area contributed by atoms with Crippen LogP contribution in [-0.4, -0.2) is 43.0 Å². The molecule has 1 amide bonds. The number of nitrogens with one attached hydrogen (secondary N) is 2. The summed E-state index contributed by atoms with van der Waals surface area (Å²) in [6.45, 7) is 1.73. The van der Waals surface area contributed by atoms with Gasteiger partial charge in [0.2, 0.25) is 11.8 Å². The summed E-state index contributed by atoms with van der Waals surface area (Å²) in [5.41, 5.74) is -1.36. The van der Waals surface area contributed by atoms with Gasteiger partial charge in [0.1, 0.15) is 11.5 Å². The Kier molecular flexibility index (Phi) is 8.01. The summed E-state index contributed by atoms with van der Waals surface area (Å²) in [4.78, 5) is 32.2. The van der Waals surface area contributed by atoms with Gasteiger partial charge >= 0.3 is 6.18 Å². The van der Waals surface area contributed by atoms with Crippen LogP contribution in [0.3, 0.4) is 0 Å². The third-order valence-electron chi connectivity index (χ3n) is 6.15. The zero-order valence-electron chi connectivity index (χ0n) is 21.8. The van der Waals surface area contributed by atoms with E-state index in [1.165, 1.54) is 43.4 Å². The average molecular weight is 594 g/mol. The largest absolute Gasteiger partial charge is 0.480 e. The summed E-state index contributed by atoms with van der Waals surface area (Å²) in [5.74, 6) is -2.28. The Balaban J connectivity index is 1.76. The minimum Gasteiger partial charge on any atom is -0.480 e. The first-order valence-corrected chi connectivity index (χ1v) is 13.4. The van der Waals surface area contributed by atoms with E-state index in [0.29, 0.717) is 23.2 Å². The van der Waals surface area contributed by atoms with Crippen LogP contribution < -0.4 is 20.3 Å². The number of fused-ring (bicyclic) bond motifs is 1. The predicted molar refractivity (Wildman–Crippen MR) is 141 cm³/mol. The lowest BCUT2D eigenvalue weighted by atomic mass is 10.0. The number of pyridine rings is 1. The van der Waals surface area contributed by atoms with Gasteiger partial charge in [-0.05, 0) is 42.0 Å². The number of carbonyl (C=O) groups is 1. The Hall–Kier alpha value is -4.53. The van der Waals surface area contributed by atoms with E-state index < -0.39 is 44.0 Å². The van der Waals surface area contributed by atoms with Gasteiger partial charge in [-0.2, -0.15) is 13.2 Å². The molecule has 2 aromatic carbocycles. The number of amides is 1. The Morgan fingerprint density at radius 1 is 1.10 bits per heavy atom. The Morgan fingerprint density at radius 2 is 1.83 bits per heavy atom. The third kappa shape index (κ3) is 6.14. The van der Waals surface area contributed by atoms with Crippen molar-refractivity contribution in [2.24, 2.45) is 5.92 Å². The number of hydrogen-bond acceptors (Lipinski definition) is 7. The smallest absolute Gasteiger partial charge is 0.417 e. The molecule has 0 aliphatic rings. The molecule has 4 rings (SSSR count). The van der Waals surface area contributed by atoms with Crippen molar-refractivity contribution in [2.45, 2.75) is 24.5 Å². The molecule has 1 atom stereocenters. The van der Waals surface area contributed by atoms with E-state index >= 15 is 0 Å². The van der Waals surface area contributed by atoms with E-state index in [1.54, 1.807) is 19.1 Å². The Bertz CT molecular complexity index is 1810. The van der Waals surface area contributed by atoms with Crippen LogP contribution in [0.2, 0.25) is 0 Å². The lowest BCUT2D eigenvalue weighted by molar-refractivity contribution is -0.140. The van der Waals surface area contributed by atoms with Gasteiger partial charge in [-0.25, -0.2) is 22.8 Å². The number of carbonyl (C=O) groups excluding carboxylic acids is 1. The summed E-state index contributed by atoms with van der Waals surface area (Å²) in [7, 11) is -2.23. The number of sulfonamides is 1. The lowest BCUT2D eigenvalue weighted by Gasteiger charge is -2.16. The first-order valence-electron chi connectivity index (χ1n) is 11.9. The van der Waals surface area contributed by atoms with Crippen LogP contribution in [0.1, 0.15) is 12.5 Å².